The fourth-order valence-electron chi connectivity index (χ4n) is 2.51. The Morgan fingerprint density at radius 3 is 2.50 bits per heavy atom. The lowest BCUT2D eigenvalue weighted by Crippen LogP contribution is -2.40. The Hall–Kier alpha value is -1.71. The molecule has 0 saturated heterocycles. The van der Waals surface area contributed by atoms with Crippen molar-refractivity contribution in [3.63, 3.8) is 0 Å². The molecular weight excluding hydrogens is 390 g/mol. The number of ether oxygens (including phenoxy) is 1. The maximum absolute atomic E-state index is 12.6. The van der Waals surface area contributed by atoms with Crippen molar-refractivity contribution in [3.8, 4) is 5.75 Å². The van der Waals surface area contributed by atoms with Gasteiger partial charge in [0.15, 0.2) is 0 Å². The van der Waals surface area contributed by atoms with Gasteiger partial charge in [0.25, 0.3) is 0 Å². The van der Waals surface area contributed by atoms with Crippen LogP contribution >= 0.6 is 22.7 Å². The Balaban J connectivity index is 1.82. The third-order valence-electron chi connectivity index (χ3n) is 3.89. The van der Waals surface area contributed by atoms with Crippen LogP contribution in [0.25, 0.3) is 0 Å². The molecule has 0 amide bonds. The zero-order chi connectivity index (χ0) is 18.6. The predicted molar refractivity (Wildman–Crippen MR) is 104 cm³/mol. The molecule has 2 aromatic heterocycles. The lowest BCUT2D eigenvalue weighted by atomic mass is 9.95. The van der Waals surface area contributed by atoms with Gasteiger partial charge in [0.05, 0.1) is 11.5 Å². The molecule has 2 heterocycles. The molecule has 8 heteroatoms. The minimum Gasteiger partial charge on any atom is -0.494 e. The van der Waals surface area contributed by atoms with Crippen molar-refractivity contribution in [2.75, 3.05) is 13.2 Å². The van der Waals surface area contributed by atoms with E-state index < -0.39 is 15.6 Å². The van der Waals surface area contributed by atoms with Gasteiger partial charge in [-0.15, -0.1) is 11.3 Å². The summed E-state index contributed by atoms with van der Waals surface area (Å²) in [5, 5.41) is 16.8. The average molecular weight is 410 g/mol. The van der Waals surface area contributed by atoms with E-state index in [-0.39, 0.29) is 11.4 Å². The first-order valence-electron chi connectivity index (χ1n) is 7.97. The molecule has 1 unspecified atom stereocenters. The standard InChI is InChI=1S/C18H19NO4S3/c1-2-23-15-5-7-16(8-6-15)26(21,22)19-13-18(20,14-9-11-24-12-14)17-4-3-10-25-17/h3-12,19-20H,2,13H2,1H3. The monoisotopic (exact) mass is 409 g/mol. The highest BCUT2D eigenvalue weighted by Gasteiger charge is 2.34. The van der Waals surface area contributed by atoms with Crippen LogP contribution in [-0.4, -0.2) is 26.7 Å². The summed E-state index contributed by atoms with van der Waals surface area (Å²) in [6.07, 6.45) is 0. The van der Waals surface area contributed by atoms with Gasteiger partial charge in [-0.2, -0.15) is 11.3 Å². The summed E-state index contributed by atoms with van der Waals surface area (Å²) < 4.78 is 33.1. The average Bonchev–Trinajstić information content (AvgIpc) is 3.34. The smallest absolute Gasteiger partial charge is 0.240 e. The van der Waals surface area contributed by atoms with Crippen LogP contribution in [0.4, 0.5) is 0 Å². The Morgan fingerprint density at radius 1 is 1.15 bits per heavy atom. The predicted octanol–water partition coefficient (Wildman–Crippen LogP) is 3.42. The van der Waals surface area contributed by atoms with Gasteiger partial charge in [0, 0.05) is 17.0 Å². The van der Waals surface area contributed by atoms with Crippen molar-refractivity contribution < 1.29 is 18.3 Å². The lowest BCUT2D eigenvalue weighted by molar-refractivity contribution is 0.0903. The molecule has 0 bridgehead atoms. The molecule has 0 aliphatic carbocycles. The molecule has 3 rings (SSSR count). The van der Waals surface area contributed by atoms with Gasteiger partial charge in [-0.1, -0.05) is 6.07 Å². The van der Waals surface area contributed by atoms with Crippen molar-refractivity contribution in [3.05, 3.63) is 69.0 Å². The van der Waals surface area contributed by atoms with Gasteiger partial charge in [-0.25, -0.2) is 13.1 Å². The van der Waals surface area contributed by atoms with E-state index in [2.05, 4.69) is 4.72 Å². The van der Waals surface area contributed by atoms with Gasteiger partial charge in [0.2, 0.25) is 10.0 Å². The number of aliphatic hydroxyl groups is 1. The van der Waals surface area contributed by atoms with Crippen LogP contribution in [0, 0.1) is 0 Å². The van der Waals surface area contributed by atoms with E-state index in [9.17, 15) is 13.5 Å². The molecular formula is C18H19NO4S3. The van der Waals surface area contributed by atoms with Crippen molar-refractivity contribution in [2.45, 2.75) is 17.4 Å². The molecule has 0 aliphatic heterocycles. The molecule has 0 radical (unpaired) electrons. The highest BCUT2D eigenvalue weighted by molar-refractivity contribution is 7.89. The maximum Gasteiger partial charge on any atom is 0.240 e. The summed E-state index contributed by atoms with van der Waals surface area (Å²) in [7, 11) is -3.76. The van der Waals surface area contributed by atoms with Gasteiger partial charge >= 0.3 is 0 Å². The molecule has 0 saturated carbocycles. The summed E-state index contributed by atoms with van der Waals surface area (Å²) in [6.45, 7) is 2.22. The van der Waals surface area contributed by atoms with Gasteiger partial charge < -0.3 is 9.84 Å². The maximum atomic E-state index is 12.6. The Morgan fingerprint density at radius 2 is 1.92 bits per heavy atom. The molecule has 1 atom stereocenters. The van der Waals surface area contributed by atoms with Crippen molar-refractivity contribution >= 4 is 32.7 Å². The first-order valence-corrected chi connectivity index (χ1v) is 11.3. The molecule has 0 aliphatic rings. The number of nitrogens with one attached hydrogen (secondary N) is 1. The fraction of sp³-hybridized carbons (Fsp3) is 0.222. The van der Waals surface area contributed by atoms with E-state index >= 15 is 0 Å². The summed E-state index contributed by atoms with van der Waals surface area (Å²) in [5.74, 6) is 0.611. The fourth-order valence-corrected chi connectivity index (χ4v) is 5.14. The van der Waals surface area contributed by atoms with E-state index in [1.165, 1.54) is 34.8 Å². The molecule has 0 fully saturated rings. The Kier molecular flexibility index (Phi) is 5.79. The second-order valence-electron chi connectivity index (χ2n) is 5.58. The van der Waals surface area contributed by atoms with Crippen molar-refractivity contribution in [1.82, 2.24) is 4.72 Å². The molecule has 0 spiro atoms. The Labute approximate surface area is 161 Å². The van der Waals surface area contributed by atoms with Gasteiger partial charge in [-0.3, -0.25) is 0 Å². The molecule has 26 heavy (non-hydrogen) atoms. The van der Waals surface area contributed by atoms with Crippen LogP contribution in [0.15, 0.2) is 63.5 Å². The first-order chi connectivity index (χ1) is 12.5. The van der Waals surface area contributed by atoms with E-state index in [1.807, 2.05) is 29.1 Å². The highest BCUT2D eigenvalue weighted by Crippen LogP contribution is 2.34. The van der Waals surface area contributed by atoms with Crippen LogP contribution in [0.2, 0.25) is 0 Å². The SMILES string of the molecule is CCOc1ccc(S(=O)(=O)NCC(O)(c2ccsc2)c2cccs2)cc1. The van der Waals surface area contributed by atoms with Crippen LogP contribution in [-0.2, 0) is 15.6 Å². The highest BCUT2D eigenvalue weighted by atomic mass is 32.2. The quantitative estimate of drug-likeness (QED) is 0.598. The third-order valence-corrected chi connectivity index (χ3v) is 7.01. The van der Waals surface area contributed by atoms with Crippen molar-refractivity contribution in [1.29, 1.82) is 0 Å². The zero-order valence-electron chi connectivity index (χ0n) is 14.1. The van der Waals surface area contributed by atoms with Crippen LogP contribution < -0.4 is 9.46 Å². The van der Waals surface area contributed by atoms with Gasteiger partial charge in [-0.05, 0) is 59.5 Å². The largest absolute Gasteiger partial charge is 0.494 e. The van der Waals surface area contributed by atoms with Crippen LogP contribution in [0.5, 0.6) is 5.75 Å². The molecule has 2 N–H and O–H groups in total. The van der Waals surface area contributed by atoms with Crippen molar-refractivity contribution in [2.24, 2.45) is 0 Å². The minimum absolute atomic E-state index is 0.125. The van der Waals surface area contributed by atoms with E-state index in [0.717, 1.165) is 0 Å². The third kappa shape index (κ3) is 3.99. The van der Waals surface area contributed by atoms with E-state index in [1.54, 1.807) is 24.3 Å². The van der Waals surface area contributed by atoms with E-state index in [4.69, 9.17) is 4.74 Å². The number of hydrogen-bond acceptors (Lipinski definition) is 6. The molecule has 138 valence electrons. The molecule has 5 nitrogen and oxygen atoms in total. The summed E-state index contributed by atoms with van der Waals surface area (Å²) in [4.78, 5) is 0.810. The van der Waals surface area contributed by atoms with E-state index in [0.29, 0.717) is 22.8 Å². The number of rotatable bonds is 8. The lowest BCUT2D eigenvalue weighted by Gasteiger charge is -2.27. The molecule has 3 aromatic rings. The topological polar surface area (TPSA) is 75.6 Å². The number of benzene rings is 1. The Bertz CT molecular complexity index is 883. The second kappa shape index (κ2) is 7.89. The number of sulfonamides is 1. The molecule has 1 aromatic carbocycles. The summed E-state index contributed by atoms with van der Waals surface area (Å²) in [6, 6.07) is 11.6. The summed E-state index contributed by atoms with van der Waals surface area (Å²) >= 11 is 2.84. The summed E-state index contributed by atoms with van der Waals surface area (Å²) in [5.41, 5.74) is -0.744. The van der Waals surface area contributed by atoms with Crippen LogP contribution in [0.1, 0.15) is 17.4 Å². The van der Waals surface area contributed by atoms with Crippen LogP contribution in [0.3, 0.4) is 0 Å². The first kappa shape index (κ1) is 19.1. The minimum atomic E-state index is -3.76. The normalized spacial score (nSPS) is 14.1. The second-order valence-corrected chi connectivity index (χ2v) is 9.07. The number of thiophene rings is 2. The van der Waals surface area contributed by atoms with Gasteiger partial charge in [0.1, 0.15) is 11.4 Å². The zero-order valence-corrected chi connectivity index (χ0v) is 16.5. The number of hydrogen-bond donors (Lipinski definition) is 2.